The van der Waals surface area contributed by atoms with Crippen LogP contribution in [-0.2, 0) is 29.1 Å². The number of urea groups is 1. The van der Waals surface area contributed by atoms with E-state index >= 15 is 0 Å². The first-order chi connectivity index (χ1) is 22.1. The molecule has 2 atom stereocenters. The molecule has 14 heteroatoms. The molecule has 6 rings (SSSR count). The summed E-state index contributed by atoms with van der Waals surface area (Å²) in [6.07, 6.45) is 1.02. The number of para-hydroxylation sites is 1. The van der Waals surface area contributed by atoms with Gasteiger partial charge >= 0.3 is 6.03 Å². The van der Waals surface area contributed by atoms with Crippen molar-refractivity contribution < 1.29 is 23.9 Å². The van der Waals surface area contributed by atoms with Crippen LogP contribution in [0.25, 0.3) is 10.2 Å². The summed E-state index contributed by atoms with van der Waals surface area (Å²) >= 11 is 1.36. The fourth-order valence-electron chi connectivity index (χ4n) is 6.00. The van der Waals surface area contributed by atoms with Gasteiger partial charge in [-0.15, -0.1) is 6.58 Å². The molecular weight excluding hydrogens is 611 g/mol. The second kappa shape index (κ2) is 12.7. The third kappa shape index (κ3) is 6.04. The van der Waals surface area contributed by atoms with Gasteiger partial charge in [0.25, 0.3) is 0 Å². The number of anilines is 2. The highest BCUT2D eigenvalue weighted by Crippen LogP contribution is 2.33. The van der Waals surface area contributed by atoms with E-state index < -0.39 is 18.2 Å². The minimum Gasteiger partial charge on any atom is -0.506 e. The first kappa shape index (κ1) is 30.8. The molecule has 2 aliphatic rings. The third-order valence-electron chi connectivity index (χ3n) is 8.17. The van der Waals surface area contributed by atoms with E-state index in [-0.39, 0.29) is 68.2 Å². The van der Waals surface area contributed by atoms with Crippen LogP contribution in [0.5, 0.6) is 5.75 Å². The van der Waals surface area contributed by atoms with Crippen molar-refractivity contribution in [3.63, 3.8) is 0 Å². The zero-order valence-electron chi connectivity index (χ0n) is 24.8. The maximum absolute atomic E-state index is 14.2. The monoisotopic (exact) mass is 644 g/mol. The molecule has 0 bridgehead atoms. The van der Waals surface area contributed by atoms with Crippen molar-refractivity contribution in [2.45, 2.75) is 31.7 Å². The van der Waals surface area contributed by atoms with E-state index in [9.17, 15) is 23.9 Å². The number of aromatic nitrogens is 1. The van der Waals surface area contributed by atoms with Gasteiger partial charge in [-0.3, -0.25) is 14.6 Å². The smallest absolute Gasteiger partial charge is 0.332 e. The molecule has 2 fully saturated rings. The topological polar surface area (TPSA) is 161 Å². The molecule has 46 heavy (non-hydrogen) atoms. The molecule has 3 aromatic carbocycles. The highest BCUT2D eigenvalue weighted by atomic mass is 32.1. The highest BCUT2D eigenvalue weighted by molar-refractivity contribution is 7.22. The number of hydrogen-bond acceptors (Lipinski definition) is 9. The predicted molar refractivity (Wildman–Crippen MR) is 172 cm³/mol. The number of phenolic OH excluding ortho intramolecular Hbond substituents is 1. The van der Waals surface area contributed by atoms with E-state index in [1.165, 1.54) is 39.4 Å². The molecule has 2 aliphatic heterocycles. The summed E-state index contributed by atoms with van der Waals surface area (Å²) in [5, 5.41) is 16.3. The number of hydrogen-bond donors (Lipinski definition) is 4. The van der Waals surface area contributed by atoms with Crippen LogP contribution >= 0.6 is 11.3 Å². The van der Waals surface area contributed by atoms with Crippen molar-refractivity contribution in [1.82, 2.24) is 30.1 Å². The Balaban J connectivity index is 1.32. The lowest BCUT2D eigenvalue weighted by Crippen LogP contribution is -2.66. The Hall–Kier alpha value is -5.21. The predicted octanol–water partition coefficient (Wildman–Crippen LogP) is 3.04. The van der Waals surface area contributed by atoms with E-state index in [1.54, 1.807) is 40.3 Å². The van der Waals surface area contributed by atoms with Crippen molar-refractivity contribution in [2.24, 2.45) is 0 Å². The molecule has 0 spiro atoms. The Kier molecular flexibility index (Phi) is 8.47. The lowest BCUT2D eigenvalue weighted by Gasteiger charge is -2.46. The Morgan fingerprint density at radius 3 is 2.65 bits per heavy atom. The quantitative estimate of drug-likeness (QED) is 0.123. The highest BCUT2D eigenvalue weighted by Gasteiger charge is 2.52. The summed E-state index contributed by atoms with van der Waals surface area (Å²) in [6.45, 7) is 4.22. The Labute approximate surface area is 268 Å². The fraction of sp³-hybridized carbons (Fsp3) is 0.250. The number of benzene rings is 3. The van der Waals surface area contributed by atoms with Gasteiger partial charge in [-0.05, 0) is 47.0 Å². The normalized spacial score (nSPS) is 18.2. The van der Waals surface area contributed by atoms with Crippen LogP contribution in [0.15, 0.2) is 73.3 Å². The Morgan fingerprint density at radius 2 is 1.91 bits per heavy atom. The molecule has 6 N–H and O–H groups in total. The molecule has 1 aromatic heterocycles. The van der Waals surface area contributed by atoms with E-state index in [0.29, 0.717) is 21.8 Å². The third-order valence-corrected chi connectivity index (χ3v) is 9.02. The molecule has 4 aromatic rings. The van der Waals surface area contributed by atoms with E-state index in [1.807, 2.05) is 18.2 Å². The standard InChI is InChI=1S/C32H33FN8O4S/c1-2-12-39(32(45)36-15-19-6-9-22(33)10-7-19)40-18-28(43)41-24(14-20-8-11-25(42)23(34)13-20)30(44)38(17-27(40)41)16-21-4-3-5-26-29(21)37-31(35)46-26/h2-11,13,24,27,42H,1,12,14-18,34H2,(H2,35,37)(H,36,45)/t24-,27?/m0/s1. The SMILES string of the molecule is C=CCN(C(=O)NCc1ccc(F)cc1)N1CC(=O)N2C1CN(Cc1cccc3sc(N)nc13)C(=O)[C@@H]2Cc1ccc(O)c(N)c1. The number of phenols is 1. The van der Waals surface area contributed by atoms with Crippen LogP contribution in [0, 0.1) is 5.82 Å². The Morgan fingerprint density at radius 1 is 1.15 bits per heavy atom. The van der Waals surface area contributed by atoms with Crippen molar-refractivity contribution in [1.29, 1.82) is 0 Å². The van der Waals surface area contributed by atoms with E-state index in [2.05, 4.69) is 16.9 Å². The number of nitrogens with one attached hydrogen (secondary N) is 1. The number of aromatic hydroxyl groups is 1. The lowest BCUT2D eigenvalue weighted by atomic mass is 9.99. The molecule has 238 valence electrons. The number of thiazole rings is 1. The number of nitrogen functional groups attached to an aromatic ring is 2. The number of halogens is 1. The summed E-state index contributed by atoms with van der Waals surface area (Å²) < 4.78 is 14.3. The average Bonchev–Trinajstić information content (AvgIpc) is 3.58. The van der Waals surface area contributed by atoms with Gasteiger partial charge in [-0.1, -0.05) is 47.7 Å². The number of hydrazine groups is 1. The maximum Gasteiger partial charge on any atom is 0.332 e. The number of rotatable bonds is 9. The van der Waals surface area contributed by atoms with Crippen LogP contribution in [0.4, 0.5) is 20.0 Å². The molecule has 3 heterocycles. The summed E-state index contributed by atoms with van der Waals surface area (Å²) in [5.41, 5.74) is 15.0. The van der Waals surface area contributed by atoms with Gasteiger partial charge in [0.1, 0.15) is 23.8 Å². The fourth-order valence-corrected chi connectivity index (χ4v) is 6.78. The van der Waals surface area contributed by atoms with Gasteiger partial charge < -0.3 is 31.7 Å². The van der Waals surface area contributed by atoms with Crippen LogP contribution in [0.3, 0.4) is 0 Å². The molecular formula is C32H33FN8O4S. The number of carbonyl (C=O) groups is 3. The van der Waals surface area contributed by atoms with E-state index in [4.69, 9.17) is 11.5 Å². The van der Waals surface area contributed by atoms with Gasteiger partial charge in [0.2, 0.25) is 11.8 Å². The number of fused-ring (bicyclic) bond motifs is 2. The van der Waals surface area contributed by atoms with Gasteiger partial charge in [0, 0.05) is 19.5 Å². The minimum atomic E-state index is -0.909. The van der Waals surface area contributed by atoms with Gasteiger partial charge in [-0.2, -0.15) is 5.01 Å². The van der Waals surface area contributed by atoms with Crippen molar-refractivity contribution in [3.8, 4) is 5.75 Å². The van der Waals surface area contributed by atoms with Gasteiger partial charge in [0.05, 0.1) is 35.5 Å². The van der Waals surface area contributed by atoms with Crippen molar-refractivity contribution in [3.05, 3.63) is 95.8 Å². The van der Waals surface area contributed by atoms with E-state index in [0.717, 1.165) is 10.3 Å². The van der Waals surface area contributed by atoms with Crippen molar-refractivity contribution >= 4 is 50.2 Å². The first-order valence-corrected chi connectivity index (χ1v) is 15.4. The zero-order valence-corrected chi connectivity index (χ0v) is 25.6. The molecule has 1 unspecified atom stereocenters. The second-order valence-corrected chi connectivity index (χ2v) is 12.2. The summed E-state index contributed by atoms with van der Waals surface area (Å²) in [6, 6.07) is 14.8. The van der Waals surface area contributed by atoms with Crippen LogP contribution in [0.2, 0.25) is 0 Å². The maximum atomic E-state index is 14.2. The molecule has 2 saturated heterocycles. The van der Waals surface area contributed by atoms with Crippen LogP contribution in [-0.4, -0.2) is 79.6 Å². The zero-order chi connectivity index (χ0) is 32.5. The summed E-state index contributed by atoms with van der Waals surface area (Å²) in [4.78, 5) is 49.1. The second-order valence-electron chi connectivity index (χ2n) is 11.2. The number of piperazine rings is 1. The molecule has 0 radical (unpaired) electrons. The molecule has 0 saturated carbocycles. The molecule has 12 nitrogen and oxygen atoms in total. The van der Waals surface area contributed by atoms with Crippen LogP contribution in [0.1, 0.15) is 16.7 Å². The number of nitrogens with two attached hydrogens (primary N) is 2. The number of carbonyl (C=O) groups excluding carboxylic acids is 3. The number of amides is 4. The largest absolute Gasteiger partial charge is 0.506 e. The van der Waals surface area contributed by atoms with Gasteiger partial charge in [0.15, 0.2) is 5.13 Å². The minimum absolute atomic E-state index is 0.0796. The summed E-state index contributed by atoms with van der Waals surface area (Å²) in [7, 11) is 0. The molecule has 4 amide bonds. The molecule has 0 aliphatic carbocycles. The number of nitrogens with zero attached hydrogens (tertiary/aromatic N) is 5. The van der Waals surface area contributed by atoms with Crippen molar-refractivity contribution in [2.75, 3.05) is 31.1 Å². The van der Waals surface area contributed by atoms with Crippen LogP contribution < -0.4 is 16.8 Å². The lowest BCUT2D eigenvalue weighted by molar-refractivity contribution is -0.157. The summed E-state index contributed by atoms with van der Waals surface area (Å²) in [5.74, 6) is -1.04. The average molecular weight is 645 g/mol. The van der Waals surface area contributed by atoms with Gasteiger partial charge in [-0.25, -0.2) is 14.2 Å². The Bertz CT molecular complexity index is 1820. The first-order valence-electron chi connectivity index (χ1n) is 14.6.